The van der Waals surface area contributed by atoms with E-state index in [1.807, 2.05) is 0 Å². The molecule has 0 aromatic rings. The molecule has 2 rings (SSSR count). The van der Waals surface area contributed by atoms with Crippen LogP contribution in [-0.4, -0.2) is 69.5 Å². The molecule has 132 valence electrons. The summed E-state index contributed by atoms with van der Waals surface area (Å²) in [4.78, 5) is 17.8. The molecule has 7 nitrogen and oxygen atoms in total. The van der Waals surface area contributed by atoms with Crippen molar-refractivity contribution in [1.29, 1.82) is 0 Å². The number of likely N-dealkylation sites (tertiary alicyclic amines) is 1. The van der Waals surface area contributed by atoms with Gasteiger partial charge in [0, 0.05) is 32.3 Å². The summed E-state index contributed by atoms with van der Waals surface area (Å²) in [6, 6.07) is 0.334. The number of amides is 1. The molecule has 1 heterocycles. The van der Waals surface area contributed by atoms with Crippen LogP contribution < -0.4 is 10.6 Å². The minimum atomic E-state index is -0.239. The first-order valence-corrected chi connectivity index (χ1v) is 8.68. The molecule has 23 heavy (non-hydrogen) atoms. The Labute approximate surface area is 138 Å². The predicted octanol–water partition coefficient (Wildman–Crippen LogP) is 1.20. The Bertz CT molecular complexity index is 391. The Kier molecular flexibility index (Phi) is 7.45. The largest absolute Gasteiger partial charge is 0.453 e. The third-order valence-corrected chi connectivity index (χ3v) is 4.17. The summed E-state index contributed by atoms with van der Waals surface area (Å²) in [5.74, 6) is 1.63. The van der Waals surface area contributed by atoms with Gasteiger partial charge in [0.1, 0.15) is 0 Å². The van der Waals surface area contributed by atoms with Gasteiger partial charge in [-0.15, -0.1) is 0 Å². The second-order valence-corrected chi connectivity index (χ2v) is 6.15. The Balaban J connectivity index is 1.67. The number of hydrogen-bond acceptors (Lipinski definition) is 4. The van der Waals surface area contributed by atoms with Crippen molar-refractivity contribution < 1.29 is 14.3 Å². The molecule has 1 saturated heterocycles. The topological polar surface area (TPSA) is 75.2 Å². The molecule has 0 aromatic carbocycles. The fourth-order valence-corrected chi connectivity index (χ4v) is 2.61. The number of piperidine rings is 1. The number of ether oxygens (including phenoxy) is 2. The molecule has 2 N–H and O–H groups in total. The van der Waals surface area contributed by atoms with E-state index in [9.17, 15) is 4.79 Å². The van der Waals surface area contributed by atoms with Crippen LogP contribution in [0, 0.1) is 5.92 Å². The number of nitrogens with one attached hydrogen (secondary N) is 2. The summed E-state index contributed by atoms with van der Waals surface area (Å²) in [5.41, 5.74) is 0. The summed E-state index contributed by atoms with van der Waals surface area (Å²) in [7, 11) is 1.42. The predicted molar refractivity (Wildman–Crippen MR) is 89.7 cm³/mol. The van der Waals surface area contributed by atoms with E-state index < -0.39 is 0 Å². The lowest BCUT2D eigenvalue weighted by molar-refractivity contribution is 0.111. The van der Waals surface area contributed by atoms with Gasteiger partial charge >= 0.3 is 6.09 Å². The molecule has 0 aromatic heterocycles. The van der Waals surface area contributed by atoms with Crippen LogP contribution in [0.5, 0.6) is 0 Å². The van der Waals surface area contributed by atoms with Gasteiger partial charge < -0.3 is 25.0 Å². The minimum absolute atomic E-state index is 0.239. The number of hydrogen-bond donors (Lipinski definition) is 2. The highest BCUT2D eigenvalue weighted by Crippen LogP contribution is 2.28. The molecule has 1 aliphatic heterocycles. The van der Waals surface area contributed by atoms with Gasteiger partial charge in [-0.3, -0.25) is 4.99 Å². The third-order valence-electron chi connectivity index (χ3n) is 4.17. The molecular weight excluding hydrogens is 296 g/mol. The third kappa shape index (κ3) is 6.64. The fourth-order valence-electron chi connectivity index (χ4n) is 2.61. The van der Waals surface area contributed by atoms with Gasteiger partial charge in [-0.1, -0.05) is 0 Å². The van der Waals surface area contributed by atoms with Crippen LogP contribution in [0.25, 0.3) is 0 Å². The van der Waals surface area contributed by atoms with Crippen molar-refractivity contribution in [3.05, 3.63) is 0 Å². The highest BCUT2D eigenvalue weighted by atomic mass is 16.5. The van der Waals surface area contributed by atoms with Crippen LogP contribution >= 0.6 is 0 Å². The van der Waals surface area contributed by atoms with Crippen LogP contribution in [-0.2, 0) is 9.47 Å². The number of rotatable bonds is 7. The fraction of sp³-hybridized carbons (Fsp3) is 0.875. The molecular formula is C16H30N4O3. The van der Waals surface area contributed by atoms with Gasteiger partial charge in [0.15, 0.2) is 5.96 Å². The van der Waals surface area contributed by atoms with Gasteiger partial charge in [0.05, 0.1) is 20.3 Å². The molecule has 0 radical (unpaired) electrons. The Morgan fingerprint density at radius 3 is 2.61 bits per heavy atom. The van der Waals surface area contributed by atoms with E-state index in [0.29, 0.717) is 32.3 Å². The Hall–Kier alpha value is -1.50. The molecule has 2 fully saturated rings. The van der Waals surface area contributed by atoms with Gasteiger partial charge in [-0.2, -0.15) is 0 Å². The Morgan fingerprint density at radius 1 is 1.26 bits per heavy atom. The van der Waals surface area contributed by atoms with Crippen molar-refractivity contribution >= 4 is 12.1 Å². The number of aliphatic imine (C=N–C) groups is 1. The van der Waals surface area contributed by atoms with E-state index in [1.54, 1.807) is 4.90 Å². The molecule has 1 saturated carbocycles. The van der Waals surface area contributed by atoms with Crippen molar-refractivity contribution in [3.63, 3.8) is 0 Å². The van der Waals surface area contributed by atoms with Crippen LogP contribution in [0.15, 0.2) is 4.99 Å². The van der Waals surface area contributed by atoms with Crippen LogP contribution in [0.3, 0.4) is 0 Å². The summed E-state index contributed by atoms with van der Waals surface area (Å²) in [6.07, 6.45) is 4.20. The maximum atomic E-state index is 11.5. The normalized spacial score (nSPS) is 19.6. The smallest absolute Gasteiger partial charge is 0.409 e. The summed E-state index contributed by atoms with van der Waals surface area (Å²) in [5, 5.41) is 6.72. The molecule has 2 aliphatic rings. The first kappa shape index (κ1) is 17.8. The zero-order valence-electron chi connectivity index (χ0n) is 14.3. The van der Waals surface area contributed by atoms with Crippen molar-refractivity contribution in [2.45, 2.75) is 38.6 Å². The number of nitrogens with zero attached hydrogens (tertiary/aromatic N) is 2. The maximum Gasteiger partial charge on any atom is 0.409 e. The molecule has 1 aliphatic carbocycles. The molecule has 0 atom stereocenters. The minimum Gasteiger partial charge on any atom is -0.453 e. The second-order valence-electron chi connectivity index (χ2n) is 6.15. The van der Waals surface area contributed by atoms with Crippen molar-refractivity contribution in [2.24, 2.45) is 10.9 Å². The molecule has 0 bridgehead atoms. The zero-order chi connectivity index (χ0) is 16.5. The van der Waals surface area contributed by atoms with E-state index in [4.69, 9.17) is 9.47 Å². The standard InChI is InChI=1S/C16H30N4O3/c1-3-17-15(18-8-11-23-12-13-4-5-13)19-14-6-9-20(10-7-14)16(21)22-2/h13-14H,3-12H2,1-2H3,(H2,17,18,19). The Morgan fingerprint density at radius 2 is 2.00 bits per heavy atom. The first-order chi connectivity index (χ1) is 11.2. The average Bonchev–Trinajstić information content (AvgIpc) is 3.39. The highest BCUT2D eigenvalue weighted by molar-refractivity contribution is 5.80. The van der Waals surface area contributed by atoms with E-state index >= 15 is 0 Å². The monoisotopic (exact) mass is 326 g/mol. The van der Waals surface area contributed by atoms with E-state index in [0.717, 1.165) is 37.9 Å². The van der Waals surface area contributed by atoms with Crippen LogP contribution in [0.2, 0.25) is 0 Å². The van der Waals surface area contributed by atoms with Gasteiger partial charge in [0.2, 0.25) is 0 Å². The van der Waals surface area contributed by atoms with Crippen LogP contribution in [0.1, 0.15) is 32.6 Å². The van der Waals surface area contributed by atoms with E-state index in [2.05, 4.69) is 22.5 Å². The lowest BCUT2D eigenvalue weighted by Gasteiger charge is -2.32. The van der Waals surface area contributed by atoms with Gasteiger partial charge in [0.25, 0.3) is 0 Å². The molecule has 0 unspecified atom stereocenters. The first-order valence-electron chi connectivity index (χ1n) is 8.68. The molecule has 7 heteroatoms. The van der Waals surface area contributed by atoms with E-state index in [1.165, 1.54) is 20.0 Å². The lowest BCUT2D eigenvalue weighted by Crippen LogP contribution is -2.49. The molecule has 0 spiro atoms. The quantitative estimate of drug-likeness (QED) is 0.418. The zero-order valence-corrected chi connectivity index (χ0v) is 14.3. The highest BCUT2D eigenvalue weighted by Gasteiger charge is 2.23. The van der Waals surface area contributed by atoms with Crippen molar-refractivity contribution in [2.75, 3.05) is 46.5 Å². The summed E-state index contributed by atoms with van der Waals surface area (Å²) in [6.45, 7) is 6.54. The summed E-state index contributed by atoms with van der Waals surface area (Å²) >= 11 is 0. The number of carbonyl (C=O) groups is 1. The molecule has 1 amide bonds. The van der Waals surface area contributed by atoms with Gasteiger partial charge in [-0.05, 0) is 38.5 Å². The maximum absolute atomic E-state index is 11.5. The number of carbonyl (C=O) groups excluding carboxylic acids is 1. The van der Waals surface area contributed by atoms with Crippen molar-refractivity contribution in [3.8, 4) is 0 Å². The average molecular weight is 326 g/mol. The SMILES string of the molecule is CCNC(=NCCOCC1CC1)NC1CCN(C(=O)OC)CC1. The van der Waals surface area contributed by atoms with Gasteiger partial charge in [-0.25, -0.2) is 4.79 Å². The van der Waals surface area contributed by atoms with E-state index in [-0.39, 0.29) is 6.09 Å². The number of guanidine groups is 1. The number of methoxy groups -OCH3 is 1. The van der Waals surface area contributed by atoms with Crippen molar-refractivity contribution in [1.82, 2.24) is 15.5 Å². The lowest BCUT2D eigenvalue weighted by atomic mass is 10.1. The van der Waals surface area contributed by atoms with Crippen LogP contribution in [0.4, 0.5) is 4.79 Å². The summed E-state index contributed by atoms with van der Waals surface area (Å²) < 4.78 is 10.4. The second kappa shape index (κ2) is 9.60.